The molecule has 1 unspecified atom stereocenters. The van der Waals surface area contributed by atoms with Gasteiger partial charge in [0.2, 0.25) is 0 Å². The molecule has 1 aromatic heterocycles. The van der Waals surface area contributed by atoms with E-state index < -0.39 is 0 Å². The summed E-state index contributed by atoms with van der Waals surface area (Å²) in [4.78, 5) is 2.42. The van der Waals surface area contributed by atoms with Crippen LogP contribution in [-0.4, -0.2) is 31.6 Å². The molecule has 0 radical (unpaired) electrons. The molecule has 2 heterocycles. The molecule has 0 bridgehead atoms. The Morgan fingerprint density at radius 2 is 2.28 bits per heavy atom. The maximum Gasteiger partial charge on any atom is 0.137 e. The van der Waals surface area contributed by atoms with E-state index in [1.165, 1.54) is 22.9 Å². The number of likely N-dealkylation sites (N-methyl/N-ethyl adjacent to an activating group) is 1. The second kappa shape index (κ2) is 4.75. The number of fused-ring (bicyclic) bond motifs is 1. The first-order valence-corrected chi connectivity index (χ1v) is 6.65. The third-order valence-corrected chi connectivity index (χ3v) is 3.92. The third kappa shape index (κ3) is 1.93. The smallest absolute Gasteiger partial charge is 0.137 e. The van der Waals surface area contributed by atoms with Gasteiger partial charge in [-0.1, -0.05) is 18.2 Å². The van der Waals surface area contributed by atoms with Crippen LogP contribution in [0.1, 0.15) is 23.6 Å². The van der Waals surface area contributed by atoms with Gasteiger partial charge in [0.1, 0.15) is 5.58 Å². The van der Waals surface area contributed by atoms with Crippen LogP contribution < -0.4 is 5.32 Å². The van der Waals surface area contributed by atoms with Crippen molar-refractivity contribution in [2.45, 2.75) is 19.4 Å². The van der Waals surface area contributed by atoms with Crippen LogP contribution in [0.5, 0.6) is 0 Å². The van der Waals surface area contributed by atoms with Gasteiger partial charge in [-0.2, -0.15) is 0 Å². The molecule has 1 saturated heterocycles. The highest BCUT2D eigenvalue weighted by Gasteiger charge is 2.23. The van der Waals surface area contributed by atoms with E-state index in [-0.39, 0.29) is 0 Å². The molecule has 1 aromatic carbocycles. The standard InChI is InChI=1S/C15H20N2O/c1-11-5-3-6-12-13(10-18-15(11)12)14-9-16-7-4-8-17(14)2/h3,5-6,10,14,16H,4,7-9H2,1-2H3. The molecule has 2 aromatic rings. The third-order valence-electron chi connectivity index (χ3n) is 3.92. The number of rotatable bonds is 1. The van der Waals surface area contributed by atoms with Crippen molar-refractivity contribution in [3.63, 3.8) is 0 Å². The Bertz CT molecular complexity index is 546. The minimum Gasteiger partial charge on any atom is -0.464 e. The molecule has 1 atom stereocenters. The predicted octanol–water partition coefficient (Wildman–Crippen LogP) is 2.71. The highest BCUT2D eigenvalue weighted by molar-refractivity contribution is 5.84. The molecule has 0 aliphatic carbocycles. The maximum atomic E-state index is 5.77. The second-order valence-electron chi connectivity index (χ2n) is 5.20. The van der Waals surface area contributed by atoms with Crippen LogP contribution in [-0.2, 0) is 0 Å². The number of furan rings is 1. The summed E-state index contributed by atoms with van der Waals surface area (Å²) in [6.07, 6.45) is 3.15. The fourth-order valence-corrected chi connectivity index (χ4v) is 2.83. The zero-order chi connectivity index (χ0) is 12.5. The Hall–Kier alpha value is -1.32. The summed E-state index contributed by atoms with van der Waals surface area (Å²) in [5, 5.41) is 4.77. The van der Waals surface area contributed by atoms with Crippen molar-refractivity contribution in [1.29, 1.82) is 0 Å². The lowest BCUT2D eigenvalue weighted by Crippen LogP contribution is -2.29. The number of hydrogen-bond acceptors (Lipinski definition) is 3. The largest absolute Gasteiger partial charge is 0.464 e. The van der Waals surface area contributed by atoms with Crippen molar-refractivity contribution in [3.8, 4) is 0 Å². The zero-order valence-corrected chi connectivity index (χ0v) is 11.1. The SMILES string of the molecule is Cc1cccc2c(C3CNCCCN3C)coc12. The molecule has 96 valence electrons. The molecule has 3 rings (SSSR count). The molecular formula is C15H20N2O. The summed E-state index contributed by atoms with van der Waals surface area (Å²) in [6.45, 7) is 5.34. The molecule has 3 heteroatoms. The Kier molecular flexibility index (Phi) is 3.10. The van der Waals surface area contributed by atoms with Crippen molar-refractivity contribution >= 4 is 11.0 Å². The van der Waals surface area contributed by atoms with E-state index in [1.807, 2.05) is 6.26 Å². The van der Waals surface area contributed by atoms with Crippen LogP contribution in [0.25, 0.3) is 11.0 Å². The molecule has 0 amide bonds. The van der Waals surface area contributed by atoms with E-state index in [2.05, 4.69) is 42.4 Å². The monoisotopic (exact) mass is 244 g/mol. The molecule has 0 saturated carbocycles. The van der Waals surface area contributed by atoms with Gasteiger partial charge >= 0.3 is 0 Å². The summed E-state index contributed by atoms with van der Waals surface area (Å²) in [5.41, 5.74) is 3.55. The van der Waals surface area contributed by atoms with E-state index >= 15 is 0 Å². The molecule has 1 fully saturated rings. The van der Waals surface area contributed by atoms with E-state index in [1.54, 1.807) is 0 Å². The lowest BCUT2D eigenvalue weighted by atomic mass is 10.0. The summed E-state index contributed by atoms with van der Waals surface area (Å²) in [7, 11) is 2.20. The topological polar surface area (TPSA) is 28.4 Å². The maximum absolute atomic E-state index is 5.77. The first-order valence-electron chi connectivity index (χ1n) is 6.65. The van der Waals surface area contributed by atoms with Crippen LogP contribution in [0.2, 0.25) is 0 Å². The fraction of sp³-hybridized carbons (Fsp3) is 0.467. The normalized spacial score (nSPS) is 22.2. The zero-order valence-electron chi connectivity index (χ0n) is 11.1. The molecule has 18 heavy (non-hydrogen) atoms. The van der Waals surface area contributed by atoms with Crippen molar-refractivity contribution in [2.24, 2.45) is 0 Å². The van der Waals surface area contributed by atoms with Gasteiger partial charge in [0.25, 0.3) is 0 Å². The van der Waals surface area contributed by atoms with Gasteiger partial charge in [0.15, 0.2) is 0 Å². The fourth-order valence-electron chi connectivity index (χ4n) is 2.83. The highest BCUT2D eigenvalue weighted by atomic mass is 16.3. The van der Waals surface area contributed by atoms with Crippen LogP contribution in [0.4, 0.5) is 0 Å². The predicted molar refractivity (Wildman–Crippen MR) is 73.8 cm³/mol. The average Bonchev–Trinajstić information content (AvgIpc) is 2.68. The van der Waals surface area contributed by atoms with Gasteiger partial charge in [-0.05, 0) is 39.0 Å². The summed E-state index contributed by atoms with van der Waals surface area (Å²) in [6, 6.07) is 6.79. The summed E-state index contributed by atoms with van der Waals surface area (Å²) < 4.78 is 5.77. The first kappa shape index (κ1) is 11.8. The van der Waals surface area contributed by atoms with E-state index in [9.17, 15) is 0 Å². The number of hydrogen-bond donors (Lipinski definition) is 1. The lowest BCUT2D eigenvalue weighted by Gasteiger charge is -2.24. The van der Waals surface area contributed by atoms with Gasteiger partial charge in [-0.15, -0.1) is 0 Å². The number of para-hydroxylation sites is 1. The van der Waals surface area contributed by atoms with Gasteiger partial charge in [0, 0.05) is 17.5 Å². The molecule has 3 nitrogen and oxygen atoms in total. The van der Waals surface area contributed by atoms with Crippen LogP contribution in [0, 0.1) is 6.92 Å². The van der Waals surface area contributed by atoms with Gasteiger partial charge in [-0.3, -0.25) is 4.90 Å². The first-order chi connectivity index (χ1) is 8.77. The summed E-state index contributed by atoms with van der Waals surface area (Å²) in [5.74, 6) is 0. The minimum atomic E-state index is 0.413. The van der Waals surface area contributed by atoms with Crippen molar-refractivity contribution in [2.75, 3.05) is 26.7 Å². The van der Waals surface area contributed by atoms with Crippen molar-refractivity contribution < 1.29 is 4.42 Å². The van der Waals surface area contributed by atoms with Crippen LogP contribution >= 0.6 is 0 Å². The second-order valence-corrected chi connectivity index (χ2v) is 5.20. The molecular weight excluding hydrogens is 224 g/mol. The Morgan fingerprint density at radius 1 is 1.39 bits per heavy atom. The Labute approximate surface area is 108 Å². The number of nitrogens with zero attached hydrogens (tertiary/aromatic N) is 1. The molecule has 1 aliphatic rings. The van der Waals surface area contributed by atoms with E-state index in [4.69, 9.17) is 4.42 Å². The van der Waals surface area contributed by atoms with E-state index in [0.717, 1.165) is 25.2 Å². The molecule has 1 N–H and O–H groups in total. The van der Waals surface area contributed by atoms with Crippen LogP contribution in [0.3, 0.4) is 0 Å². The number of aryl methyl sites for hydroxylation is 1. The van der Waals surface area contributed by atoms with Gasteiger partial charge < -0.3 is 9.73 Å². The van der Waals surface area contributed by atoms with E-state index in [0.29, 0.717) is 6.04 Å². The van der Waals surface area contributed by atoms with Gasteiger partial charge in [0.05, 0.1) is 12.3 Å². The van der Waals surface area contributed by atoms with Crippen molar-refractivity contribution in [3.05, 3.63) is 35.6 Å². The number of benzene rings is 1. The summed E-state index contributed by atoms with van der Waals surface area (Å²) >= 11 is 0. The Morgan fingerprint density at radius 3 is 3.17 bits per heavy atom. The van der Waals surface area contributed by atoms with Crippen molar-refractivity contribution in [1.82, 2.24) is 10.2 Å². The quantitative estimate of drug-likeness (QED) is 0.836. The van der Waals surface area contributed by atoms with Crippen LogP contribution in [0.15, 0.2) is 28.9 Å². The average molecular weight is 244 g/mol. The Balaban J connectivity index is 2.05. The molecule has 0 spiro atoms. The molecule has 1 aliphatic heterocycles. The minimum absolute atomic E-state index is 0.413. The highest BCUT2D eigenvalue weighted by Crippen LogP contribution is 2.31. The number of nitrogens with one attached hydrogen (secondary N) is 1. The van der Waals surface area contributed by atoms with Gasteiger partial charge in [-0.25, -0.2) is 0 Å². The lowest BCUT2D eigenvalue weighted by molar-refractivity contribution is 0.261.